The second kappa shape index (κ2) is 5.98. The van der Waals surface area contributed by atoms with E-state index in [-0.39, 0.29) is 10.7 Å². The Balaban J connectivity index is 2.18. The quantitative estimate of drug-likeness (QED) is 0.775. The van der Waals surface area contributed by atoms with Crippen molar-refractivity contribution >= 4 is 56.2 Å². The molecule has 1 fully saturated rings. The van der Waals surface area contributed by atoms with E-state index in [1.165, 1.54) is 17.0 Å². The highest BCUT2D eigenvalue weighted by atomic mass is 35.5. The maximum atomic E-state index is 12.5. The van der Waals surface area contributed by atoms with Gasteiger partial charge in [-0.3, -0.25) is 9.69 Å². The molecule has 1 unspecified atom stereocenters. The minimum Gasteiger partial charge on any atom is -0.288 e. The third-order valence-electron chi connectivity index (χ3n) is 3.49. The highest BCUT2D eigenvalue weighted by Gasteiger charge is 2.46. The fourth-order valence-corrected chi connectivity index (χ4v) is 4.79. The summed E-state index contributed by atoms with van der Waals surface area (Å²) >= 11 is 18.0. The van der Waals surface area contributed by atoms with Crippen molar-refractivity contribution in [3.63, 3.8) is 0 Å². The lowest BCUT2D eigenvalue weighted by molar-refractivity contribution is -0.115. The number of hydrogen-bond donors (Lipinski definition) is 0. The molecular weight excluding hydrogens is 381 g/mol. The van der Waals surface area contributed by atoms with Gasteiger partial charge in [-0.2, -0.15) is 0 Å². The first-order chi connectivity index (χ1) is 10.8. The van der Waals surface area contributed by atoms with Gasteiger partial charge in [0.2, 0.25) is 5.91 Å². The predicted octanol–water partition coefficient (Wildman–Crippen LogP) is 4.11. The van der Waals surface area contributed by atoms with Crippen LogP contribution in [-0.2, 0) is 14.6 Å². The van der Waals surface area contributed by atoms with Crippen LogP contribution >= 0.6 is 34.8 Å². The van der Waals surface area contributed by atoms with Crippen LogP contribution in [0, 0.1) is 0 Å². The molecule has 0 aromatic heterocycles. The lowest BCUT2D eigenvalue weighted by Crippen LogP contribution is -2.29. The van der Waals surface area contributed by atoms with Crippen LogP contribution in [0.2, 0.25) is 15.1 Å². The van der Waals surface area contributed by atoms with Crippen LogP contribution in [0.5, 0.6) is 0 Å². The summed E-state index contributed by atoms with van der Waals surface area (Å²) < 4.78 is 24.9. The Morgan fingerprint density at radius 1 is 0.957 bits per heavy atom. The number of halogens is 3. The van der Waals surface area contributed by atoms with Crippen LogP contribution in [0.4, 0.5) is 5.69 Å². The van der Waals surface area contributed by atoms with Crippen molar-refractivity contribution in [2.45, 2.75) is 5.37 Å². The molecule has 3 rings (SSSR count). The largest absolute Gasteiger partial charge is 0.288 e. The van der Waals surface area contributed by atoms with Crippen LogP contribution in [-0.4, -0.2) is 20.1 Å². The van der Waals surface area contributed by atoms with Crippen LogP contribution in [0.1, 0.15) is 10.9 Å². The number of benzene rings is 2. The van der Waals surface area contributed by atoms with E-state index < -0.39 is 26.9 Å². The molecule has 8 heteroatoms. The molecule has 1 heterocycles. The third kappa shape index (κ3) is 3.06. The van der Waals surface area contributed by atoms with Gasteiger partial charge >= 0.3 is 0 Å². The summed E-state index contributed by atoms with van der Waals surface area (Å²) in [4.78, 5) is 13.5. The van der Waals surface area contributed by atoms with Crippen molar-refractivity contribution in [2.24, 2.45) is 0 Å². The normalized spacial score (nSPS) is 20.0. The zero-order valence-corrected chi connectivity index (χ0v) is 14.6. The Bertz CT molecular complexity index is 881. The molecule has 23 heavy (non-hydrogen) atoms. The molecule has 1 aliphatic rings. The van der Waals surface area contributed by atoms with Crippen molar-refractivity contribution in [2.75, 3.05) is 10.7 Å². The van der Waals surface area contributed by atoms with Gasteiger partial charge in [0.05, 0.1) is 10.7 Å². The maximum absolute atomic E-state index is 12.5. The van der Waals surface area contributed by atoms with Gasteiger partial charge in [0.25, 0.3) is 0 Å². The zero-order valence-electron chi connectivity index (χ0n) is 11.5. The van der Waals surface area contributed by atoms with Gasteiger partial charge in [-0.15, -0.1) is 0 Å². The van der Waals surface area contributed by atoms with Crippen LogP contribution in [0.15, 0.2) is 42.5 Å². The monoisotopic (exact) mass is 389 g/mol. The minimum atomic E-state index is -3.70. The number of hydrogen-bond acceptors (Lipinski definition) is 3. The summed E-state index contributed by atoms with van der Waals surface area (Å²) in [6, 6.07) is 10.9. The number of carbonyl (C=O) groups excluding carboxylic acids is 1. The number of amides is 1. The molecule has 1 atom stereocenters. The molecule has 1 aliphatic heterocycles. The number of nitrogens with zero attached hydrogens (tertiary/aromatic N) is 1. The fraction of sp³-hybridized carbons (Fsp3) is 0.133. The van der Waals surface area contributed by atoms with Gasteiger partial charge in [-0.1, -0.05) is 46.9 Å². The Morgan fingerprint density at radius 2 is 1.57 bits per heavy atom. The molecule has 120 valence electrons. The third-order valence-corrected chi connectivity index (χ3v) is 6.11. The van der Waals surface area contributed by atoms with Gasteiger partial charge in [-0.25, -0.2) is 8.42 Å². The van der Waals surface area contributed by atoms with Crippen LogP contribution in [0.3, 0.4) is 0 Å². The highest BCUT2D eigenvalue weighted by Crippen LogP contribution is 2.41. The fourth-order valence-electron chi connectivity index (χ4n) is 2.53. The molecule has 2 aromatic carbocycles. The van der Waals surface area contributed by atoms with Gasteiger partial charge in [0.1, 0.15) is 5.75 Å². The van der Waals surface area contributed by atoms with Gasteiger partial charge < -0.3 is 0 Å². The van der Waals surface area contributed by atoms with E-state index in [9.17, 15) is 13.2 Å². The van der Waals surface area contributed by atoms with Crippen molar-refractivity contribution in [1.29, 1.82) is 0 Å². The van der Waals surface area contributed by atoms with Gasteiger partial charge in [-0.05, 0) is 35.9 Å². The molecule has 0 spiro atoms. The Kier molecular flexibility index (Phi) is 4.31. The second-order valence-electron chi connectivity index (χ2n) is 5.07. The minimum absolute atomic E-state index is 0.249. The van der Waals surface area contributed by atoms with Gasteiger partial charge in [0.15, 0.2) is 15.2 Å². The van der Waals surface area contributed by atoms with Crippen molar-refractivity contribution in [1.82, 2.24) is 0 Å². The molecule has 0 saturated carbocycles. The summed E-state index contributed by atoms with van der Waals surface area (Å²) in [7, 11) is -3.70. The summed E-state index contributed by atoms with van der Waals surface area (Å²) in [5.41, 5.74) is 0.710. The first-order valence-corrected chi connectivity index (χ1v) is 9.39. The summed E-state index contributed by atoms with van der Waals surface area (Å²) in [5.74, 6) is -1.13. The summed E-state index contributed by atoms with van der Waals surface area (Å²) in [6.07, 6.45) is 0. The van der Waals surface area contributed by atoms with Crippen molar-refractivity contribution < 1.29 is 13.2 Å². The van der Waals surface area contributed by atoms with E-state index >= 15 is 0 Å². The second-order valence-corrected chi connectivity index (χ2v) is 8.41. The van der Waals surface area contributed by atoms with E-state index in [0.29, 0.717) is 15.6 Å². The number of rotatable bonds is 2. The highest BCUT2D eigenvalue weighted by molar-refractivity contribution is 7.93. The van der Waals surface area contributed by atoms with E-state index in [4.69, 9.17) is 34.8 Å². The molecule has 1 saturated heterocycles. The predicted molar refractivity (Wildman–Crippen MR) is 91.9 cm³/mol. The maximum Gasteiger partial charge on any atom is 0.243 e. The lowest BCUT2D eigenvalue weighted by atomic mass is 10.2. The average Bonchev–Trinajstić information content (AvgIpc) is 2.71. The smallest absolute Gasteiger partial charge is 0.243 e. The van der Waals surface area contributed by atoms with Crippen LogP contribution < -0.4 is 4.90 Å². The molecule has 4 nitrogen and oxygen atoms in total. The molecule has 0 aliphatic carbocycles. The number of anilines is 1. The van der Waals surface area contributed by atoms with E-state index in [1.807, 2.05) is 0 Å². The topological polar surface area (TPSA) is 54.5 Å². The summed E-state index contributed by atoms with van der Waals surface area (Å²) in [5, 5.41) is -0.0683. The van der Waals surface area contributed by atoms with Crippen molar-refractivity contribution in [3.8, 4) is 0 Å². The molecule has 0 bridgehead atoms. The summed E-state index contributed by atoms with van der Waals surface area (Å²) in [6.45, 7) is 0. The van der Waals surface area contributed by atoms with E-state index in [2.05, 4.69) is 0 Å². The van der Waals surface area contributed by atoms with Crippen molar-refractivity contribution in [3.05, 3.63) is 63.1 Å². The van der Waals surface area contributed by atoms with E-state index in [1.54, 1.807) is 30.3 Å². The van der Waals surface area contributed by atoms with Crippen LogP contribution in [0.25, 0.3) is 0 Å². The number of carbonyl (C=O) groups is 1. The molecular formula is C15H10Cl3NO3S. The molecule has 0 N–H and O–H groups in total. The van der Waals surface area contributed by atoms with E-state index in [0.717, 1.165) is 0 Å². The van der Waals surface area contributed by atoms with Gasteiger partial charge in [0, 0.05) is 10.0 Å². The molecule has 2 aromatic rings. The lowest BCUT2D eigenvalue weighted by Gasteiger charge is -2.25. The Labute approximate surface area is 148 Å². The Hall–Kier alpha value is -1.27. The molecule has 0 radical (unpaired) electrons. The SMILES string of the molecule is O=C1CS(=O)(=O)C(c2ccc(Cl)cc2)N1c1cc(Cl)ccc1Cl. The number of sulfone groups is 1. The zero-order chi connectivity index (χ0) is 16.8. The average molecular weight is 391 g/mol. The standard InChI is InChI=1S/C15H10Cl3NO3S/c16-10-3-1-9(2-4-10)15-19(14(20)8-23(15,21)22)13-7-11(17)5-6-12(13)18/h1-7,15H,8H2. The Morgan fingerprint density at radius 3 is 2.22 bits per heavy atom. The first-order valence-electron chi connectivity index (χ1n) is 6.54. The first kappa shape index (κ1) is 16.6. The molecule has 1 amide bonds.